The maximum Gasteiger partial charge on any atom is 0.389 e. The van der Waals surface area contributed by atoms with Crippen LogP contribution in [0.1, 0.15) is 12.8 Å². The molecule has 1 heterocycles. The average molecular weight is 196 g/mol. The Balaban J connectivity index is 2.10. The molecule has 0 saturated carbocycles. The number of alkyl halides is 3. The Bertz CT molecular complexity index is 193. The summed E-state index contributed by atoms with van der Waals surface area (Å²) < 4.78 is 35.1. The predicted octanol–water partition coefficient (Wildman–Crippen LogP) is 0.718. The summed E-state index contributed by atoms with van der Waals surface area (Å²) in [5.74, 6) is -0.119. The van der Waals surface area contributed by atoms with Crippen molar-refractivity contribution >= 4 is 5.91 Å². The Morgan fingerprint density at radius 3 is 2.62 bits per heavy atom. The quantitative estimate of drug-likeness (QED) is 0.721. The van der Waals surface area contributed by atoms with Crippen LogP contribution in [0, 0.1) is 0 Å². The molecule has 13 heavy (non-hydrogen) atoms. The smallest absolute Gasteiger partial charge is 0.342 e. The SMILES string of the molecule is O=C1CN(CCCC(F)(F)F)CN1. The number of halogens is 3. The average Bonchev–Trinajstić information content (AvgIpc) is 2.33. The van der Waals surface area contributed by atoms with Crippen molar-refractivity contribution < 1.29 is 18.0 Å². The van der Waals surface area contributed by atoms with Gasteiger partial charge in [-0.15, -0.1) is 0 Å². The van der Waals surface area contributed by atoms with E-state index in [0.29, 0.717) is 13.2 Å². The van der Waals surface area contributed by atoms with E-state index < -0.39 is 12.6 Å². The number of carbonyl (C=O) groups excluding carboxylic acids is 1. The summed E-state index contributed by atoms with van der Waals surface area (Å²) in [6.45, 7) is 0.910. The Kier molecular flexibility index (Phi) is 3.13. The lowest BCUT2D eigenvalue weighted by molar-refractivity contribution is -0.136. The molecule has 0 aromatic rings. The molecule has 1 saturated heterocycles. The Morgan fingerprint density at radius 2 is 2.15 bits per heavy atom. The van der Waals surface area contributed by atoms with E-state index in [1.165, 1.54) is 0 Å². The summed E-state index contributed by atoms with van der Waals surface area (Å²) in [6, 6.07) is 0. The van der Waals surface area contributed by atoms with Crippen LogP contribution in [0.5, 0.6) is 0 Å². The van der Waals surface area contributed by atoms with Gasteiger partial charge in [-0.2, -0.15) is 13.2 Å². The van der Waals surface area contributed by atoms with Crippen molar-refractivity contribution in [2.75, 3.05) is 19.8 Å². The summed E-state index contributed by atoms with van der Waals surface area (Å²) in [4.78, 5) is 12.3. The third-order valence-electron chi connectivity index (χ3n) is 1.80. The minimum absolute atomic E-state index is 0.0540. The maximum atomic E-state index is 11.7. The topological polar surface area (TPSA) is 32.3 Å². The van der Waals surface area contributed by atoms with E-state index in [2.05, 4.69) is 5.32 Å². The van der Waals surface area contributed by atoms with E-state index in [9.17, 15) is 18.0 Å². The first kappa shape index (κ1) is 10.3. The van der Waals surface area contributed by atoms with Crippen LogP contribution in [0.15, 0.2) is 0 Å². The number of amides is 1. The Hall–Kier alpha value is -0.780. The zero-order valence-corrected chi connectivity index (χ0v) is 7.02. The minimum Gasteiger partial charge on any atom is -0.342 e. The molecule has 1 aliphatic rings. The van der Waals surface area contributed by atoms with E-state index in [1.54, 1.807) is 4.90 Å². The second-order valence-corrected chi connectivity index (χ2v) is 3.03. The van der Waals surface area contributed by atoms with Gasteiger partial charge in [0.15, 0.2) is 0 Å². The number of carbonyl (C=O) groups is 1. The molecule has 1 N–H and O–H groups in total. The lowest BCUT2D eigenvalue weighted by atomic mass is 10.3. The highest BCUT2D eigenvalue weighted by atomic mass is 19.4. The number of hydrogen-bond donors (Lipinski definition) is 1. The van der Waals surface area contributed by atoms with Gasteiger partial charge in [0.1, 0.15) is 0 Å². The van der Waals surface area contributed by atoms with E-state index in [0.717, 1.165) is 0 Å². The van der Waals surface area contributed by atoms with Crippen LogP contribution in [0.4, 0.5) is 13.2 Å². The maximum absolute atomic E-state index is 11.7. The lowest BCUT2D eigenvalue weighted by Crippen LogP contribution is -2.24. The van der Waals surface area contributed by atoms with Crippen LogP contribution in [-0.4, -0.2) is 36.7 Å². The van der Waals surface area contributed by atoms with E-state index in [-0.39, 0.29) is 18.9 Å². The molecule has 1 fully saturated rings. The van der Waals surface area contributed by atoms with Gasteiger partial charge in [-0.05, 0) is 6.42 Å². The molecule has 1 aliphatic heterocycles. The first-order chi connectivity index (χ1) is 5.97. The van der Waals surface area contributed by atoms with Crippen molar-refractivity contribution in [3.8, 4) is 0 Å². The molecule has 1 rings (SSSR count). The monoisotopic (exact) mass is 196 g/mol. The van der Waals surface area contributed by atoms with Crippen LogP contribution in [0.2, 0.25) is 0 Å². The van der Waals surface area contributed by atoms with Crippen molar-refractivity contribution in [1.82, 2.24) is 10.2 Å². The third kappa shape index (κ3) is 4.12. The lowest BCUT2D eigenvalue weighted by Gasteiger charge is -2.12. The van der Waals surface area contributed by atoms with Crippen molar-refractivity contribution in [2.45, 2.75) is 19.0 Å². The second kappa shape index (κ2) is 3.95. The van der Waals surface area contributed by atoms with Gasteiger partial charge < -0.3 is 5.32 Å². The Labute approximate surface area is 73.9 Å². The van der Waals surface area contributed by atoms with Crippen LogP contribution in [0.3, 0.4) is 0 Å². The van der Waals surface area contributed by atoms with Gasteiger partial charge in [0.2, 0.25) is 5.91 Å². The number of rotatable bonds is 3. The molecule has 3 nitrogen and oxygen atoms in total. The largest absolute Gasteiger partial charge is 0.389 e. The van der Waals surface area contributed by atoms with Gasteiger partial charge in [-0.1, -0.05) is 0 Å². The van der Waals surface area contributed by atoms with Gasteiger partial charge in [0.05, 0.1) is 13.2 Å². The van der Waals surface area contributed by atoms with Crippen molar-refractivity contribution in [3.63, 3.8) is 0 Å². The van der Waals surface area contributed by atoms with Crippen molar-refractivity contribution in [1.29, 1.82) is 0 Å². The molecule has 0 aromatic carbocycles. The van der Waals surface area contributed by atoms with Crippen molar-refractivity contribution in [2.24, 2.45) is 0 Å². The van der Waals surface area contributed by atoms with Crippen LogP contribution < -0.4 is 5.32 Å². The van der Waals surface area contributed by atoms with Gasteiger partial charge in [-0.25, -0.2) is 0 Å². The van der Waals surface area contributed by atoms with E-state index in [4.69, 9.17) is 0 Å². The van der Waals surface area contributed by atoms with E-state index in [1.807, 2.05) is 0 Å². The fourth-order valence-electron chi connectivity index (χ4n) is 1.18. The molecule has 0 aromatic heterocycles. The molecular weight excluding hydrogens is 185 g/mol. The number of nitrogens with one attached hydrogen (secondary N) is 1. The molecule has 0 aliphatic carbocycles. The van der Waals surface area contributed by atoms with Crippen LogP contribution in [-0.2, 0) is 4.79 Å². The summed E-state index contributed by atoms with van der Waals surface area (Å²) in [5.41, 5.74) is 0. The van der Waals surface area contributed by atoms with Gasteiger partial charge >= 0.3 is 6.18 Å². The predicted molar refractivity (Wildman–Crippen MR) is 39.9 cm³/mol. The molecule has 0 bridgehead atoms. The highest BCUT2D eigenvalue weighted by Crippen LogP contribution is 2.21. The molecule has 0 unspecified atom stereocenters. The molecule has 0 spiro atoms. The van der Waals surface area contributed by atoms with Gasteiger partial charge in [0, 0.05) is 13.0 Å². The number of hydrogen-bond acceptors (Lipinski definition) is 2. The fraction of sp³-hybridized carbons (Fsp3) is 0.857. The van der Waals surface area contributed by atoms with Gasteiger partial charge in [0.25, 0.3) is 0 Å². The molecule has 0 radical (unpaired) electrons. The van der Waals surface area contributed by atoms with Crippen LogP contribution in [0.25, 0.3) is 0 Å². The normalized spacial score (nSPS) is 19.2. The third-order valence-corrected chi connectivity index (χ3v) is 1.80. The summed E-state index contributed by atoms with van der Waals surface area (Å²) in [5, 5.41) is 2.52. The summed E-state index contributed by atoms with van der Waals surface area (Å²) in [7, 11) is 0. The first-order valence-corrected chi connectivity index (χ1v) is 4.03. The molecular formula is C7H11F3N2O. The van der Waals surface area contributed by atoms with Crippen molar-refractivity contribution in [3.05, 3.63) is 0 Å². The fourth-order valence-corrected chi connectivity index (χ4v) is 1.18. The van der Waals surface area contributed by atoms with Crippen LogP contribution >= 0.6 is 0 Å². The zero-order chi connectivity index (χ0) is 9.90. The minimum atomic E-state index is -4.09. The summed E-state index contributed by atoms with van der Waals surface area (Å²) >= 11 is 0. The highest BCUT2D eigenvalue weighted by molar-refractivity contribution is 5.79. The standard InChI is InChI=1S/C7H11F3N2O/c8-7(9,10)2-1-3-12-4-6(13)11-5-12/h1-5H2,(H,11,13). The molecule has 6 heteroatoms. The summed E-state index contributed by atoms with van der Waals surface area (Å²) in [6.07, 6.45) is -4.81. The first-order valence-electron chi connectivity index (χ1n) is 4.03. The van der Waals surface area contributed by atoms with E-state index >= 15 is 0 Å². The molecule has 76 valence electrons. The highest BCUT2D eigenvalue weighted by Gasteiger charge is 2.27. The zero-order valence-electron chi connectivity index (χ0n) is 7.02. The second-order valence-electron chi connectivity index (χ2n) is 3.03. The van der Waals surface area contributed by atoms with Gasteiger partial charge in [-0.3, -0.25) is 9.69 Å². The molecule has 0 atom stereocenters. The Morgan fingerprint density at radius 1 is 1.46 bits per heavy atom. The number of nitrogens with zero attached hydrogens (tertiary/aromatic N) is 1. The molecule has 1 amide bonds.